The van der Waals surface area contributed by atoms with E-state index in [9.17, 15) is 0 Å². The second kappa shape index (κ2) is 8.27. The number of nitrogens with zero attached hydrogens (tertiary/aromatic N) is 2. The zero-order valence-electron chi connectivity index (χ0n) is 10.0. The van der Waals surface area contributed by atoms with Gasteiger partial charge in [0.2, 0.25) is 0 Å². The second-order valence-electron chi connectivity index (χ2n) is 3.41. The van der Waals surface area contributed by atoms with Gasteiger partial charge in [-0.2, -0.15) is 5.10 Å². The SMILES string of the molecule is COCCOCCOCCn1nccc1C. The van der Waals surface area contributed by atoms with Crippen molar-refractivity contribution in [1.29, 1.82) is 0 Å². The molecule has 0 aromatic carbocycles. The molecule has 92 valence electrons. The summed E-state index contributed by atoms with van der Waals surface area (Å²) in [6.45, 7) is 5.96. The highest BCUT2D eigenvalue weighted by molar-refractivity contribution is 4.96. The molecule has 0 unspecified atom stereocenters. The van der Waals surface area contributed by atoms with E-state index in [0.29, 0.717) is 33.0 Å². The van der Waals surface area contributed by atoms with Gasteiger partial charge in [-0.15, -0.1) is 0 Å². The highest BCUT2D eigenvalue weighted by Gasteiger charge is 1.96. The van der Waals surface area contributed by atoms with Crippen LogP contribution in [0.25, 0.3) is 0 Å². The molecule has 0 N–H and O–H groups in total. The molecule has 0 fully saturated rings. The van der Waals surface area contributed by atoms with Crippen LogP contribution in [0.1, 0.15) is 5.69 Å². The molecule has 16 heavy (non-hydrogen) atoms. The van der Waals surface area contributed by atoms with Gasteiger partial charge in [0.1, 0.15) is 0 Å². The van der Waals surface area contributed by atoms with Crippen LogP contribution >= 0.6 is 0 Å². The van der Waals surface area contributed by atoms with Crippen LogP contribution in [0.5, 0.6) is 0 Å². The molecule has 0 aliphatic heterocycles. The summed E-state index contributed by atoms with van der Waals surface area (Å²) < 4.78 is 17.5. The van der Waals surface area contributed by atoms with E-state index in [1.165, 1.54) is 0 Å². The standard InChI is InChI=1S/C11H20N2O3/c1-11-3-4-12-13(11)5-6-15-9-10-16-8-7-14-2/h3-4H,5-10H2,1-2H3. The quantitative estimate of drug-likeness (QED) is 0.588. The molecule has 0 atom stereocenters. The van der Waals surface area contributed by atoms with E-state index in [-0.39, 0.29) is 0 Å². The van der Waals surface area contributed by atoms with Crippen LogP contribution in [0.4, 0.5) is 0 Å². The lowest BCUT2D eigenvalue weighted by molar-refractivity contribution is 0.0224. The molecular weight excluding hydrogens is 208 g/mol. The molecule has 0 aliphatic carbocycles. The lowest BCUT2D eigenvalue weighted by atomic mass is 10.5. The summed E-state index contributed by atoms with van der Waals surface area (Å²) in [5.41, 5.74) is 1.15. The maximum absolute atomic E-state index is 5.42. The van der Waals surface area contributed by atoms with E-state index in [1.807, 2.05) is 17.7 Å². The van der Waals surface area contributed by atoms with Gasteiger partial charge in [-0.25, -0.2) is 0 Å². The highest BCUT2D eigenvalue weighted by Crippen LogP contribution is 1.95. The Labute approximate surface area is 96.3 Å². The van der Waals surface area contributed by atoms with E-state index in [4.69, 9.17) is 14.2 Å². The number of hydrogen-bond donors (Lipinski definition) is 0. The maximum atomic E-state index is 5.42. The Hall–Kier alpha value is -0.910. The van der Waals surface area contributed by atoms with E-state index in [1.54, 1.807) is 13.3 Å². The van der Waals surface area contributed by atoms with Gasteiger partial charge in [-0.05, 0) is 13.0 Å². The lowest BCUT2D eigenvalue weighted by Crippen LogP contribution is -2.12. The Kier molecular flexibility index (Phi) is 6.80. The van der Waals surface area contributed by atoms with Crippen molar-refractivity contribution in [1.82, 2.24) is 9.78 Å². The first kappa shape index (κ1) is 13.2. The summed E-state index contributed by atoms with van der Waals surface area (Å²) in [4.78, 5) is 0. The van der Waals surface area contributed by atoms with E-state index in [0.717, 1.165) is 12.2 Å². The zero-order chi connectivity index (χ0) is 11.6. The molecule has 5 nitrogen and oxygen atoms in total. The Morgan fingerprint density at radius 1 is 1.12 bits per heavy atom. The first-order chi connectivity index (χ1) is 7.84. The van der Waals surface area contributed by atoms with E-state index in [2.05, 4.69) is 5.10 Å². The van der Waals surface area contributed by atoms with Crippen molar-refractivity contribution in [3.63, 3.8) is 0 Å². The fourth-order valence-corrected chi connectivity index (χ4v) is 1.25. The van der Waals surface area contributed by atoms with Gasteiger partial charge in [0.15, 0.2) is 0 Å². The van der Waals surface area contributed by atoms with Crippen molar-refractivity contribution in [3.05, 3.63) is 18.0 Å². The molecular formula is C11H20N2O3. The molecule has 0 spiro atoms. The molecule has 0 bridgehead atoms. The first-order valence-corrected chi connectivity index (χ1v) is 5.47. The minimum absolute atomic E-state index is 0.613. The Morgan fingerprint density at radius 2 is 1.81 bits per heavy atom. The van der Waals surface area contributed by atoms with Crippen molar-refractivity contribution in [3.8, 4) is 0 Å². The van der Waals surface area contributed by atoms with Crippen LogP contribution < -0.4 is 0 Å². The molecule has 1 aromatic heterocycles. The predicted molar refractivity (Wildman–Crippen MR) is 60.5 cm³/mol. The number of hydrogen-bond acceptors (Lipinski definition) is 4. The van der Waals surface area contributed by atoms with Crippen LogP contribution in [0.3, 0.4) is 0 Å². The van der Waals surface area contributed by atoms with Crippen LogP contribution in [-0.2, 0) is 20.8 Å². The van der Waals surface area contributed by atoms with E-state index < -0.39 is 0 Å². The monoisotopic (exact) mass is 228 g/mol. The number of aryl methyl sites for hydroxylation is 1. The Morgan fingerprint density at radius 3 is 2.44 bits per heavy atom. The summed E-state index contributed by atoms with van der Waals surface area (Å²) in [6, 6.07) is 1.98. The van der Waals surface area contributed by atoms with Crippen LogP contribution in [0, 0.1) is 6.92 Å². The molecule has 1 rings (SSSR count). The summed E-state index contributed by atoms with van der Waals surface area (Å²) >= 11 is 0. The van der Waals surface area contributed by atoms with Gasteiger partial charge < -0.3 is 14.2 Å². The summed E-state index contributed by atoms with van der Waals surface area (Å²) in [6.07, 6.45) is 1.79. The largest absolute Gasteiger partial charge is 0.382 e. The van der Waals surface area contributed by atoms with Crippen molar-refractivity contribution in [2.75, 3.05) is 40.1 Å². The van der Waals surface area contributed by atoms with Crippen LogP contribution in [0.15, 0.2) is 12.3 Å². The molecule has 1 aromatic rings. The third-order valence-corrected chi connectivity index (χ3v) is 2.18. The third-order valence-electron chi connectivity index (χ3n) is 2.18. The van der Waals surface area contributed by atoms with Crippen LogP contribution in [-0.4, -0.2) is 49.9 Å². The minimum Gasteiger partial charge on any atom is -0.382 e. The highest BCUT2D eigenvalue weighted by atomic mass is 16.5. The molecule has 0 saturated heterocycles. The van der Waals surface area contributed by atoms with Crippen molar-refractivity contribution >= 4 is 0 Å². The normalized spacial score (nSPS) is 10.9. The van der Waals surface area contributed by atoms with Gasteiger partial charge in [-0.1, -0.05) is 0 Å². The average Bonchev–Trinajstić information content (AvgIpc) is 2.68. The Bertz CT molecular complexity index is 276. The number of methoxy groups -OCH3 is 1. The second-order valence-corrected chi connectivity index (χ2v) is 3.41. The lowest BCUT2D eigenvalue weighted by Gasteiger charge is -2.06. The number of aromatic nitrogens is 2. The fourth-order valence-electron chi connectivity index (χ4n) is 1.25. The zero-order valence-corrected chi connectivity index (χ0v) is 10.0. The Balaban J connectivity index is 1.91. The van der Waals surface area contributed by atoms with Crippen LogP contribution in [0.2, 0.25) is 0 Å². The van der Waals surface area contributed by atoms with Gasteiger partial charge in [0, 0.05) is 19.0 Å². The first-order valence-electron chi connectivity index (χ1n) is 5.47. The molecule has 0 aliphatic rings. The third kappa shape index (κ3) is 5.25. The molecule has 0 amide bonds. The van der Waals surface area contributed by atoms with Crippen molar-refractivity contribution in [2.45, 2.75) is 13.5 Å². The van der Waals surface area contributed by atoms with E-state index >= 15 is 0 Å². The van der Waals surface area contributed by atoms with Crippen molar-refractivity contribution < 1.29 is 14.2 Å². The smallest absolute Gasteiger partial charge is 0.0701 e. The fraction of sp³-hybridized carbons (Fsp3) is 0.727. The number of rotatable bonds is 9. The van der Waals surface area contributed by atoms with Gasteiger partial charge in [0.05, 0.1) is 39.6 Å². The van der Waals surface area contributed by atoms with Gasteiger partial charge in [-0.3, -0.25) is 4.68 Å². The molecule has 0 saturated carbocycles. The minimum atomic E-state index is 0.613. The average molecular weight is 228 g/mol. The van der Waals surface area contributed by atoms with Gasteiger partial charge in [0.25, 0.3) is 0 Å². The summed E-state index contributed by atoms with van der Waals surface area (Å²) in [7, 11) is 1.66. The molecule has 1 heterocycles. The summed E-state index contributed by atoms with van der Waals surface area (Å²) in [5, 5.41) is 4.16. The summed E-state index contributed by atoms with van der Waals surface area (Å²) in [5.74, 6) is 0. The topological polar surface area (TPSA) is 45.5 Å². The van der Waals surface area contributed by atoms with Gasteiger partial charge >= 0.3 is 0 Å². The molecule has 5 heteroatoms. The van der Waals surface area contributed by atoms with Crippen molar-refractivity contribution in [2.24, 2.45) is 0 Å². The predicted octanol–water partition coefficient (Wildman–Crippen LogP) is 0.871. The maximum Gasteiger partial charge on any atom is 0.0701 e. The molecule has 0 radical (unpaired) electrons. The number of ether oxygens (including phenoxy) is 3.